The van der Waals surface area contributed by atoms with Gasteiger partial charge in [0.1, 0.15) is 12.1 Å². The van der Waals surface area contributed by atoms with E-state index < -0.39 is 0 Å². The van der Waals surface area contributed by atoms with Crippen molar-refractivity contribution in [3.05, 3.63) is 71.8 Å². The van der Waals surface area contributed by atoms with Crippen LogP contribution in [-0.4, -0.2) is 56.7 Å². The first-order valence-corrected chi connectivity index (χ1v) is 9.72. The van der Waals surface area contributed by atoms with Crippen molar-refractivity contribution in [2.24, 2.45) is 0 Å². The molecule has 0 radical (unpaired) electrons. The summed E-state index contributed by atoms with van der Waals surface area (Å²) in [5.74, 6) is 1.64. The molecule has 0 atom stereocenters. The number of piperazine rings is 1. The van der Waals surface area contributed by atoms with E-state index >= 15 is 0 Å². The van der Waals surface area contributed by atoms with E-state index in [2.05, 4.69) is 20.0 Å². The zero-order chi connectivity index (χ0) is 20.2. The fourth-order valence-corrected chi connectivity index (χ4v) is 3.37. The molecule has 1 aliphatic heterocycles. The minimum Gasteiger partial charge on any atom is -0.353 e. The monoisotopic (exact) mass is 388 g/mol. The Balaban J connectivity index is 1.38. The highest BCUT2D eigenvalue weighted by Gasteiger charge is 2.21. The number of benzene rings is 1. The third-order valence-corrected chi connectivity index (χ3v) is 5.10. The van der Waals surface area contributed by atoms with Gasteiger partial charge in [0.2, 0.25) is 5.91 Å². The predicted octanol–water partition coefficient (Wildman–Crippen LogP) is 2.64. The largest absolute Gasteiger partial charge is 0.353 e. The first kappa shape index (κ1) is 18.9. The average molecular weight is 388 g/mol. The molecule has 1 amide bonds. The highest BCUT2D eigenvalue weighted by molar-refractivity contribution is 5.92. The van der Waals surface area contributed by atoms with Crippen LogP contribution in [0.2, 0.25) is 0 Å². The molecular weight excluding hydrogens is 364 g/mol. The molecule has 1 aliphatic rings. The van der Waals surface area contributed by atoms with Gasteiger partial charge in [0.05, 0.1) is 5.69 Å². The highest BCUT2D eigenvalue weighted by Crippen LogP contribution is 2.16. The van der Waals surface area contributed by atoms with Crippen LogP contribution in [0.5, 0.6) is 0 Å². The summed E-state index contributed by atoms with van der Waals surface area (Å²) in [7, 11) is 0. The van der Waals surface area contributed by atoms with Gasteiger partial charge in [-0.15, -0.1) is 0 Å². The van der Waals surface area contributed by atoms with Crippen LogP contribution >= 0.6 is 0 Å². The molecule has 0 saturated carbocycles. The summed E-state index contributed by atoms with van der Waals surface area (Å²) in [6.45, 7) is 6.79. The molecule has 2 aromatic heterocycles. The van der Waals surface area contributed by atoms with Gasteiger partial charge in [0.25, 0.3) is 0 Å². The van der Waals surface area contributed by atoms with Crippen molar-refractivity contribution in [3.63, 3.8) is 0 Å². The Morgan fingerprint density at radius 1 is 1.00 bits per heavy atom. The summed E-state index contributed by atoms with van der Waals surface area (Å²) in [6.07, 6.45) is 7.01. The molecule has 0 aliphatic carbocycles. The maximum Gasteiger partial charge on any atom is 0.246 e. The number of nitrogens with zero attached hydrogens (tertiary/aromatic N) is 6. The van der Waals surface area contributed by atoms with Crippen molar-refractivity contribution < 1.29 is 4.79 Å². The van der Waals surface area contributed by atoms with Crippen molar-refractivity contribution in [1.82, 2.24) is 24.6 Å². The molecule has 0 bridgehead atoms. The number of carbonyl (C=O) groups excluding carboxylic acids is 1. The first-order chi connectivity index (χ1) is 14.1. The second kappa shape index (κ2) is 8.26. The lowest BCUT2D eigenvalue weighted by atomic mass is 10.1. The minimum absolute atomic E-state index is 0.0447. The summed E-state index contributed by atoms with van der Waals surface area (Å²) in [4.78, 5) is 25.3. The molecule has 1 saturated heterocycles. The molecule has 0 N–H and O–H groups in total. The molecule has 7 nitrogen and oxygen atoms in total. The van der Waals surface area contributed by atoms with Gasteiger partial charge in [-0.1, -0.05) is 24.3 Å². The number of aryl methyl sites for hydroxylation is 2. The molecular formula is C22H24N6O. The molecule has 4 rings (SSSR count). The van der Waals surface area contributed by atoms with Crippen LogP contribution in [0.25, 0.3) is 11.9 Å². The van der Waals surface area contributed by atoms with Crippen LogP contribution in [0, 0.1) is 13.8 Å². The van der Waals surface area contributed by atoms with Crippen molar-refractivity contribution >= 4 is 17.8 Å². The van der Waals surface area contributed by atoms with Gasteiger partial charge < -0.3 is 9.80 Å². The number of hydrogen-bond donors (Lipinski definition) is 0. The van der Waals surface area contributed by atoms with E-state index in [1.165, 1.54) is 0 Å². The number of aromatic nitrogens is 4. The Morgan fingerprint density at radius 2 is 1.76 bits per heavy atom. The SMILES string of the molecule is Cc1ccn(-c2cc(N3CCN(C(=O)/C=C/c4ccccc4C)CC3)ncn2)n1. The van der Waals surface area contributed by atoms with Gasteiger partial charge >= 0.3 is 0 Å². The summed E-state index contributed by atoms with van der Waals surface area (Å²) >= 11 is 0. The number of carbonyl (C=O) groups is 1. The fourth-order valence-electron chi connectivity index (χ4n) is 3.37. The smallest absolute Gasteiger partial charge is 0.246 e. The van der Waals surface area contributed by atoms with Crippen molar-refractivity contribution in [1.29, 1.82) is 0 Å². The third-order valence-electron chi connectivity index (χ3n) is 5.10. The summed E-state index contributed by atoms with van der Waals surface area (Å²) in [5.41, 5.74) is 3.17. The number of hydrogen-bond acceptors (Lipinski definition) is 5. The van der Waals surface area contributed by atoms with Crippen LogP contribution in [-0.2, 0) is 4.79 Å². The van der Waals surface area contributed by atoms with Crippen LogP contribution in [0.15, 0.2) is 55.0 Å². The zero-order valence-electron chi connectivity index (χ0n) is 16.7. The molecule has 3 heterocycles. The van der Waals surface area contributed by atoms with E-state index in [0.717, 1.165) is 41.5 Å². The number of amides is 1. The quantitative estimate of drug-likeness (QED) is 0.643. The Morgan fingerprint density at radius 3 is 2.48 bits per heavy atom. The summed E-state index contributed by atoms with van der Waals surface area (Å²) < 4.78 is 1.75. The molecule has 1 fully saturated rings. The first-order valence-electron chi connectivity index (χ1n) is 9.72. The van der Waals surface area contributed by atoms with E-state index in [4.69, 9.17) is 0 Å². The van der Waals surface area contributed by atoms with Crippen molar-refractivity contribution in [2.75, 3.05) is 31.1 Å². The van der Waals surface area contributed by atoms with E-state index in [-0.39, 0.29) is 5.91 Å². The Kier molecular flexibility index (Phi) is 5.37. The van der Waals surface area contributed by atoms with Gasteiger partial charge in [-0.2, -0.15) is 5.10 Å². The van der Waals surface area contributed by atoms with Crippen LogP contribution < -0.4 is 4.90 Å². The summed E-state index contributed by atoms with van der Waals surface area (Å²) in [6, 6.07) is 11.9. The lowest BCUT2D eigenvalue weighted by molar-refractivity contribution is -0.126. The number of rotatable bonds is 4. The fraction of sp³-hybridized carbons (Fsp3) is 0.273. The van der Waals surface area contributed by atoms with Gasteiger partial charge in [-0.25, -0.2) is 14.6 Å². The van der Waals surface area contributed by atoms with Gasteiger partial charge in [0.15, 0.2) is 5.82 Å². The highest BCUT2D eigenvalue weighted by atomic mass is 16.2. The molecule has 1 aromatic carbocycles. The summed E-state index contributed by atoms with van der Waals surface area (Å²) in [5, 5.41) is 4.40. The Labute approximate surface area is 170 Å². The lowest BCUT2D eigenvalue weighted by Crippen LogP contribution is -2.48. The van der Waals surface area contributed by atoms with E-state index in [9.17, 15) is 4.79 Å². The Bertz CT molecular complexity index is 1030. The molecule has 3 aromatic rings. The van der Waals surface area contributed by atoms with Crippen LogP contribution in [0.1, 0.15) is 16.8 Å². The lowest BCUT2D eigenvalue weighted by Gasteiger charge is -2.35. The molecule has 0 spiro atoms. The minimum atomic E-state index is 0.0447. The number of anilines is 1. The Hall–Kier alpha value is -3.48. The molecule has 7 heteroatoms. The standard InChI is InChI=1S/C22H24N6O/c1-17-5-3-4-6-19(17)7-8-22(29)27-13-11-26(12-14-27)20-15-21(24-16-23-20)28-10-9-18(2)25-28/h3-10,15-16H,11-14H2,1-2H3/b8-7+. The normalized spacial score (nSPS) is 14.6. The maximum absolute atomic E-state index is 12.6. The van der Waals surface area contributed by atoms with E-state index in [1.807, 2.05) is 67.4 Å². The topological polar surface area (TPSA) is 67.2 Å². The van der Waals surface area contributed by atoms with Gasteiger partial charge in [0, 0.05) is 44.5 Å². The van der Waals surface area contributed by atoms with Gasteiger partial charge in [-0.05, 0) is 37.1 Å². The zero-order valence-corrected chi connectivity index (χ0v) is 16.7. The maximum atomic E-state index is 12.6. The molecule has 0 unspecified atom stereocenters. The van der Waals surface area contributed by atoms with Crippen LogP contribution in [0.3, 0.4) is 0 Å². The van der Waals surface area contributed by atoms with Crippen molar-refractivity contribution in [3.8, 4) is 5.82 Å². The second-order valence-corrected chi connectivity index (χ2v) is 7.14. The second-order valence-electron chi connectivity index (χ2n) is 7.14. The molecule has 29 heavy (non-hydrogen) atoms. The molecule has 148 valence electrons. The van der Waals surface area contributed by atoms with Crippen molar-refractivity contribution in [2.45, 2.75) is 13.8 Å². The van der Waals surface area contributed by atoms with Crippen LogP contribution in [0.4, 0.5) is 5.82 Å². The van der Waals surface area contributed by atoms with E-state index in [0.29, 0.717) is 13.1 Å². The predicted molar refractivity (Wildman–Crippen MR) is 113 cm³/mol. The van der Waals surface area contributed by atoms with Gasteiger partial charge in [-0.3, -0.25) is 4.79 Å². The third kappa shape index (κ3) is 4.34. The van der Waals surface area contributed by atoms with E-state index in [1.54, 1.807) is 17.1 Å². The average Bonchev–Trinajstić information content (AvgIpc) is 3.19.